The number of hydrogen-bond acceptors (Lipinski definition) is 5. The van der Waals surface area contributed by atoms with Gasteiger partial charge in [0.1, 0.15) is 5.82 Å². The van der Waals surface area contributed by atoms with E-state index in [2.05, 4.69) is 25.1 Å². The van der Waals surface area contributed by atoms with Crippen molar-refractivity contribution in [2.24, 2.45) is 0 Å². The van der Waals surface area contributed by atoms with Crippen LogP contribution < -0.4 is 4.90 Å². The quantitative estimate of drug-likeness (QED) is 0.797. The van der Waals surface area contributed by atoms with Crippen LogP contribution in [0.5, 0.6) is 0 Å². The van der Waals surface area contributed by atoms with Crippen molar-refractivity contribution in [3.8, 4) is 0 Å². The van der Waals surface area contributed by atoms with E-state index in [-0.39, 0.29) is 0 Å². The third kappa shape index (κ3) is 2.03. The van der Waals surface area contributed by atoms with Crippen LogP contribution in [0.15, 0.2) is 24.4 Å². The smallest absolute Gasteiger partial charge is 0.151 e. The first-order valence-corrected chi connectivity index (χ1v) is 6.07. The molecule has 0 aromatic carbocycles. The fraction of sp³-hybridized carbons (Fsp3) is 0.385. The van der Waals surface area contributed by atoms with E-state index in [9.17, 15) is 0 Å². The third-order valence-electron chi connectivity index (χ3n) is 3.21. The SMILES string of the molecule is Cc1ccc(N2CC(c3ccnc(C)n3)C2)nn1. The predicted octanol–water partition coefficient (Wildman–Crippen LogP) is 1.49. The zero-order chi connectivity index (χ0) is 12.5. The normalized spacial score (nSPS) is 15.6. The number of rotatable bonds is 2. The third-order valence-corrected chi connectivity index (χ3v) is 3.21. The summed E-state index contributed by atoms with van der Waals surface area (Å²) in [5.41, 5.74) is 2.07. The van der Waals surface area contributed by atoms with Gasteiger partial charge in [0.15, 0.2) is 5.82 Å². The van der Waals surface area contributed by atoms with E-state index in [1.54, 1.807) is 0 Å². The van der Waals surface area contributed by atoms with E-state index in [0.29, 0.717) is 5.92 Å². The zero-order valence-corrected chi connectivity index (χ0v) is 10.5. The Bertz CT molecular complexity index is 546. The van der Waals surface area contributed by atoms with Gasteiger partial charge in [-0.05, 0) is 32.0 Å². The van der Waals surface area contributed by atoms with E-state index >= 15 is 0 Å². The highest BCUT2D eigenvalue weighted by Crippen LogP contribution is 2.28. The maximum atomic E-state index is 4.46. The fourth-order valence-corrected chi connectivity index (χ4v) is 2.12. The summed E-state index contributed by atoms with van der Waals surface area (Å²) in [6, 6.07) is 6.00. The van der Waals surface area contributed by atoms with Crippen LogP contribution in [0.4, 0.5) is 5.82 Å². The topological polar surface area (TPSA) is 54.8 Å². The maximum Gasteiger partial charge on any atom is 0.151 e. The van der Waals surface area contributed by atoms with E-state index in [4.69, 9.17) is 0 Å². The Kier molecular flexibility index (Phi) is 2.66. The second-order valence-corrected chi connectivity index (χ2v) is 4.66. The van der Waals surface area contributed by atoms with Crippen LogP contribution in [0.3, 0.4) is 0 Å². The number of aryl methyl sites for hydroxylation is 2. The fourth-order valence-electron chi connectivity index (χ4n) is 2.12. The second-order valence-electron chi connectivity index (χ2n) is 4.66. The average molecular weight is 241 g/mol. The van der Waals surface area contributed by atoms with Crippen molar-refractivity contribution in [2.45, 2.75) is 19.8 Å². The lowest BCUT2D eigenvalue weighted by Crippen LogP contribution is -2.46. The standard InChI is InChI=1S/C13H15N5/c1-9-3-4-13(17-16-9)18-7-11(8-18)12-5-6-14-10(2)15-12/h3-6,11H,7-8H2,1-2H3. The van der Waals surface area contributed by atoms with Crippen molar-refractivity contribution >= 4 is 5.82 Å². The molecule has 1 aliphatic heterocycles. The lowest BCUT2D eigenvalue weighted by molar-refractivity contribution is 0.504. The molecule has 1 fully saturated rings. The first-order chi connectivity index (χ1) is 8.72. The summed E-state index contributed by atoms with van der Waals surface area (Å²) in [6.45, 7) is 5.77. The Morgan fingerprint density at radius 1 is 1.11 bits per heavy atom. The Labute approximate surface area is 106 Å². The summed E-state index contributed by atoms with van der Waals surface area (Å²) in [6.07, 6.45) is 1.83. The summed E-state index contributed by atoms with van der Waals surface area (Å²) in [5, 5.41) is 8.27. The number of aromatic nitrogens is 4. The molecule has 2 aromatic heterocycles. The molecule has 3 rings (SSSR count). The first-order valence-electron chi connectivity index (χ1n) is 6.07. The van der Waals surface area contributed by atoms with Gasteiger partial charge >= 0.3 is 0 Å². The van der Waals surface area contributed by atoms with Crippen molar-refractivity contribution < 1.29 is 0 Å². The minimum atomic E-state index is 0.481. The number of hydrogen-bond donors (Lipinski definition) is 0. The van der Waals surface area contributed by atoms with Gasteiger partial charge in [0.05, 0.1) is 11.4 Å². The molecule has 0 spiro atoms. The predicted molar refractivity (Wildman–Crippen MR) is 68.5 cm³/mol. The second kappa shape index (κ2) is 4.33. The van der Waals surface area contributed by atoms with Crippen molar-refractivity contribution in [1.29, 1.82) is 0 Å². The van der Waals surface area contributed by atoms with Gasteiger partial charge in [-0.15, -0.1) is 5.10 Å². The van der Waals surface area contributed by atoms with E-state index in [0.717, 1.165) is 36.1 Å². The Hall–Kier alpha value is -2.04. The molecule has 0 atom stereocenters. The molecule has 0 aliphatic carbocycles. The van der Waals surface area contributed by atoms with Crippen molar-refractivity contribution in [3.63, 3.8) is 0 Å². The molecule has 18 heavy (non-hydrogen) atoms. The van der Waals surface area contributed by atoms with E-state index in [1.807, 2.05) is 38.2 Å². The highest BCUT2D eigenvalue weighted by Gasteiger charge is 2.30. The molecule has 0 unspecified atom stereocenters. The number of anilines is 1. The van der Waals surface area contributed by atoms with Crippen LogP contribution >= 0.6 is 0 Å². The van der Waals surface area contributed by atoms with Gasteiger partial charge in [-0.3, -0.25) is 0 Å². The highest BCUT2D eigenvalue weighted by molar-refractivity contribution is 5.43. The average Bonchev–Trinajstić information content (AvgIpc) is 2.30. The molecule has 92 valence electrons. The van der Waals surface area contributed by atoms with Crippen LogP contribution in [0, 0.1) is 13.8 Å². The lowest BCUT2D eigenvalue weighted by Gasteiger charge is -2.39. The van der Waals surface area contributed by atoms with Gasteiger partial charge in [0.2, 0.25) is 0 Å². The molecule has 2 aromatic rings. The molecule has 0 N–H and O–H groups in total. The van der Waals surface area contributed by atoms with Crippen molar-refractivity contribution in [3.05, 3.63) is 41.6 Å². The van der Waals surface area contributed by atoms with Crippen molar-refractivity contribution in [2.75, 3.05) is 18.0 Å². The first kappa shape index (κ1) is 11.1. The zero-order valence-electron chi connectivity index (χ0n) is 10.5. The molecule has 1 saturated heterocycles. The van der Waals surface area contributed by atoms with Crippen LogP contribution in [-0.2, 0) is 0 Å². The van der Waals surface area contributed by atoms with Gasteiger partial charge in [-0.25, -0.2) is 9.97 Å². The van der Waals surface area contributed by atoms with Crippen LogP contribution in [0.1, 0.15) is 23.1 Å². The summed E-state index contributed by atoms with van der Waals surface area (Å²) in [5.74, 6) is 2.26. The molecule has 0 bridgehead atoms. The Morgan fingerprint density at radius 2 is 1.94 bits per heavy atom. The maximum absolute atomic E-state index is 4.46. The van der Waals surface area contributed by atoms with Crippen molar-refractivity contribution in [1.82, 2.24) is 20.2 Å². The molecule has 1 aliphatic rings. The molecule has 0 amide bonds. The molecule has 5 heteroatoms. The van der Waals surface area contributed by atoms with Gasteiger partial charge in [-0.2, -0.15) is 5.10 Å². The largest absolute Gasteiger partial charge is 0.354 e. The van der Waals surface area contributed by atoms with Crippen LogP contribution in [-0.4, -0.2) is 33.3 Å². The molecular weight excluding hydrogens is 226 g/mol. The molecule has 5 nitrogen and oxygen atoms in total. The Morgan fingerprint density at radius 3 is 2.61 bits per heavy atom. The molecule has 0 saturated carbocycles. The van der Waals surface area contributed by atoms with E-state index in [1.165, 1.54) is 0 Å². The van der Waals surface area contributed by atoms with Gasteiger partial charge in [0.25, 0.3) is 0 Å². The minimum Gasteiger partial charge on any atom is -0.354 e. The molecule has 3 heterocycles. The summed E-state index contributed by atoms with van der Waals surface area (Å²) in [4.78, 5) is 10.8. The monoisotopic (exact) mass is 241 g/mol. The highest BCUT2D eigenvalue weighted by atomic mass is 15.3. The van der Waals surface area contributed by atoms with E-state index < -0.39 is 0 Å². The lowest BCUT2D eigenvalue weighted by atomic mass is 9.96. The molecular formula is C13H15N5. The van der Waals surface area contributed by atoms with Gasteiger partial charge in [0, 0.05) is 25.2 Å². The van der Waals surface area contributed by atoms with Crippen LogP contribution in [0.25, 0.3) is 0 Å². The van der Waals surface area contributed by atoms with Gasteiger partial charge < -0.3 is 4.90 Å². The number of nitrogens with zero attached hydrogens (tertiary/aromatic N) is 5. The summed E-state index contributed by atoms with van der Waals surface area (Å²) >= 11 is 0. The molecule has 0 radical (unpaired) electrons. The summed E-state index contributed by atoms with van der Waals surface area (Å²) in [7, 11) is 0. The van der Waals surface area contributed by atoms with Gasteiger partial charge in [-0.1, -0.05) is 0 Å². The summed E-state index contributed by atoms with van der Waals surface area (Å²) < 4.78 is 0. The van der Waals surface area contributed by atoms with Crippen LogP contribution in [0.2, 0.25) is 0 Å². The minimum absolute atomic E-state index is 0.481. The Balaban J connectivity index is 1.68.